The largest absolute Gasteiger partial charge is 0.301 e. The van der Waals surface area contributed by atoms with Gasteiger partial charge in [0.05, 0.1) is 5.69 Å². The predicted molar refractivity (Wildman–Crippen MR) is 32.5 cm³/mol. The molecule has 9 heavy (non-hydrogen) atoms. The van der Waals surface area contributed by atoms with E-state index in [0.717, 1.165) is 0 Å². The van der Waals surface area contributed by atoms with Gasteiger partial charge in [-0.1, -0.05) is 0 Å². The van der Waals surface area contributed by atoms with E-state index in [1.807, 2.05) is 0 Å². The van der Waals surface area contributed by atoms with Gasteiger partial charge in [-0.15, -0.1) is 0 Å². The zero-order chi connectivity index (χ0) is 6.85. The van der Waals surface area contributed by atoms with E-state index in [0.29, 0.717) is 0 Å². The van der Waals surface area contributed by atoms with Gasteiger partial charge in [0.2, 0.25) is 0 Å². The van der Waals surface area contributed by atoms with Gasteiger partial charge >= 0.3 is 0 Å². The highest BCUT2D eigenvalue weighted by molar-refractivity contribution is 5.49. The van der Waals surface area contributed by atoms with Gasteiger partial charge in [-0.3, -0.25) is 11.5 Å². The molecule has 1 rings (SSSR count). The fraction of sp³-hybridized carbons (Fsp3) is 0. The van der Waals surface area contributed by atoms with Gasteiger partial charge in [-0.25, -0.2) is 4.98 Å². The van der Waals surface area contributed by atoms with Crippen LogP contribution >= 0.6 is 0 Å². The molecule has 0 fully saturated rings. The molecular formula is C5H5N4. The molecule has 0 unspecified atom stereocenters. The standard InChI is InChI=1S/C5H5N4/c6-3-1-4(7)9-5(8)2-3/h1-2,6-8H. The summed E-state index contributed by atoms with van der Waals surface area (Å²) in [5.74, 6) is -0.0417. The number of rotatable bonds is 0. The smallest absolute Gasteiger partial charge is 0.149 e. The van der Waals surface area contributed by atoms with Gasteiger partial charge < -0.3 is 5.73 Å². The van der Waals surface area contributed by atoms with Crippen LogP contribution in [-0.2, 0) is 0 Å². The lowest BCUT2D eigenvalue weighted by Crippen LogP contribution is -1.80. The molecule has 4 heteroatoms. The number of hydrogen-bond donors (Lipinski definition) is 0. The van der Waals surface area contributed by atoms with E-state index >= 15 is 0 Å². The van der Waals surface area contributed by atoms with Crippen molar-refractivity contribution in [3.63, 3.8) is 0 Å². The summed E-state index contributed by atoms with van der Waals surface area (Å²) in [6, 6.07) is 2.58. The fourth-order valence-corrected chi connectivity index (χ4v) is 0.531. The molecule has 0 bridgehead atoms. The SMILES string of the molecule is [NH]c1cc([NH])nc([NH])c1. The maximum absolute atomic E-state index is 7.00. The first-order valence-electron chi connectivity index (χ1n) is 2.35. The third-order valence-electron chi connectivity index (χ3n) is 0.825. The maximum Gasteiger partial charge on any atom is 0.149 e. The Balaban J connectivity index is 3.17. The van der Waals surface area contributed by atoms with Crippen LogP contribution in [0.4, 0.5) is 17.3 Å². The minimum atomic E-state index is -0.0208. The summed E-state index contributed by atoms with van der Waals surface area (Å²) < 4.78 is 0. The first-order valence-corrected chi connectivity index (χ1v) is 2.35. The molecule has 1 aromatic rings. The summed E-state index contributed by atoms with van der Waals surface area (Å²) >= 11 is 0. The second kappa shape index (κ2) is 1.81. The summed E-state index contributed by atoms with van der Waals surface area (Å²) in [6.07, 6.45) is 0. The molecule has 0 aliphatic rings. The molecule has 45 valence electrons. The third kappa shape index (κ3) is 1.22. The third-order valence-corrected chi connectivity index (χ3v) is 0.825. The predicted octanol–water partition coefficient (Wildman–Crippen LogP) is 0.825. The second-order valence-electron chi connectivity index (χ2n) is 1.63. The average Bonchev–Trinajstić information content (AvgIpc) is 1.59. The first-order chi connectivity index (χ1) is 4.18. The van der Waals surface area contributed by atoms with E-state index in [1.54, 1.807) is 0 Å². The van der Waals surface area contributed by atoms with E-state index in [4.69, 9.17) is 17.2 Å². The maximum atomic E-state index is 7.00. The van der Waals surface area contributed by atoms with Gasteiger partial charge in [0.25, 0.3) is 0 Å². The van der Waals surface area contributed by atoms with E-state index in [1.165, 1.54) is 12.1 Å². The summed E-state index contributed by atoms with van der Waals surface area (Å²) in [4.78, 5) is 3.45. The molecule has 0 spiro atoms. The van der Waals surface area contributed by atoms with E-state index in [-0.39, 0.29) is 17.3 Å². The summed E-state index contributed by atoms with van der Waals surface area (Å²) in [7, 11) is 0. The highest BCUT2D eigenvalue weighted by Gasteiger charge is 1.92. The van der Waals surface area contributed by atoms with E-state index < -0.39 is 0 Å². The van der Waals surface area contributed by atoms with Crippen LogP contribution in [0.1, 0.15) is 0 Å². The van der Waals surface area contributed by atoms with Crippen molar-refractivity contribution in [3.05, 3.63) is 12.1 Å². The van der Waals surface area contributed by atoms with Crippen LogP contribution in [0, 0.1) is 0 Å². The Kier molecular flexibility index (Phi) is 1.14. The van der Waals surface area contributed by atoms with E-state index in [2.05, 4.69) is 4.98 Å². The molecule has 4 nitrogen and oxygen atoms in total. The number of nitrogens with one attached hydrogen (secondary N) is 3. The normalized spacial score (nSPS) is 9.33. The summed E-state index contributed by atoms with van der Waals surface area (Å²) in [5.41, 5.74) is 21.0. The van der Waals surface area contributed by atoms with Gasteiger partial charge in [-0.05, 0) is 0 Å². The van der Waals surface area contributed by atoms with Crippen molar-refractivity contribution >= 4 is 17.3 Å². The lowest BCUT2D eigenvalue weighted by atomic mass is 10.4. The quantitative estimate of drug-likeness (QED) is 0.500. The average molecular weight is 121 g/mol. The summed E-state index contributed by atoms with van der Waals surface area (Å²) in [5, 5.41) is 0. The van der Waals surface area contributed by atoms with Crippen LogP contribution in [0.25, 0.3) is 0 Å². The molecule has 0 amide bonds. The van der Waals surface area contributed by atoms with E-state index in [9.17, 15) is 0 Å². The van der Waals surface area contributed by atoms with Crippen molar-refractivity contribution < 1.29 is 0 Å². The fourth-order valence-electron chi connectivity index (χ4n) is 0.531. The van der Waals surface area contributed by atoms with Crippen LogP contribution in [-0.4, -0.2) is 4.98 Å². The van der Waals surface area contributed by atoms with Crippen LogP contribution in [0.15, 0.2) is 12.1 Å². The molecule has 3 N–H and O–H groups in total. The van der Waals surface area contributed by atoms with Gasteiger partial charge in [0.15, 0.2) is 0 Å². The number of aromatic nitrogens is 1. The number of hydrogen-bond acceptors (Lipinski definition) is 1. The number of nitrogens with zero attached hydrogens (tertiary/aromatic N) is 1. The van der Waals surface area contributed by atoms with Crippen molar-refractivity contribution in [1.82, 2.24) is 22.2 Å². The monoisotopic (exact) mass is 121 g/mol. The van der Waals surface area contributed by atoms with Crippen LogP contribution in [0.3, 0.4) is 0 Å². The Bertz CT molecular complexity index is 170. The number of pyridine rings is 1. The molecule has 1 aromatic heterocycles. The minimum absolute atomic E-state index is 0.0208. The molecule has 1 heterocycles. The molecule has 0 aromatic carbocycles. The van der Waals surface area contributed by atoms with Crippen molar-refractivity contribution in [2.24, 2.45) is 0 Å². The topological polar surface area (TPSA) is 84.3 Å². The van der Waals surface area contributed by atoms with Crippen LogP contribution in [0.5, 0.6) is 0 Å². The lowest BCUT2D eigenvalue weighted by molar-refractivity contribution is 1.20. The zero-order valence-electron chi connectivity index (χ0n) is 4.60. The first kappa shape index (κ1) is 5.68. The Morgan fingerprint density at radius 1 is 1.00 bits per heavy atom. The Hall–Kier alpha value is -1.45. The van der Waals surface area contributed by atoms with Gasteiger partial charge in [0, 0.05) is 12.1 Å². The Labute approximate surface area is 52.7 Å². The molecule has 0 aliphatic heterocycles. The Morgan fingerprint density at radius 2 is 1.44 bits per heavy atom. The molecular weight excluding hydrogens is 116 g/mol. The molecule has 0 saturated carbocycles. The molecule has 3 radical (unpaired) electrons. The lowest BCUT2D eigenvalue weighted by Gasteiger charge is -1.93. The van der Waals surface area contributed by atoms with Crippen LogP contribution < -0.4 is 17.2 Å². The molecule has 0 aliphatic carbocycles. The highest BCUT2D eigenvalue weighted by Crippen LogP contribution is 2.12. The summed E-state index contributed by atoms with van der Waals surface area (Å²) in [6.45, 7) is 0. The van der Waals surface area contributed by atoms with Crippen molar-refractivity contribution in [2.45, 2.75) is 0 Å². The highest BCUT2D eigenvalue weighted by atomic mass is 14.9. The van der Waals surface area contributed by atoms with Gasteiger partial charge in [-0.2, -0.15) is 0 Å². The minimum Gasteiger partial charge on any atom is -0.301 e. The van der Waals surface area contributed by atoms with Crippen LogP contribution in [0.2, 0.25) is 0 Å². The molecule has 0 saturated heterocycles. The second-order valence-corrected chi connectivity index (χ2v) is 1.63. The molecule has 0 atom stereocenters. The van der Waals surface area contributed by atoms with Crippen molar-refractivity contribution in [3.8, 4) is 0 Å². The zero-order valence-corrected chi connectivity index (χ0v) is 4.60. The van der Waals surface area contributed by atoms with Gasteiger partial charge in [0.1, 0.15) is 11.6 Å². The van der Waals surface area contributed by atoms with Crippen molar-refractivity contribution in [2.75, 3.05) is 0 Å². The van der Waals surface area contributed by atoms with Crippen molar-refractivity contribution in [1.29, 1.82) is 0 Å². The Morgan fingerprint density at radius 3 is 1.78 bits per heavy atom.